The Balaban J connectivity index is 1.43. The number of nitrogens with zero attached hydrogens (tertiary/aromatic N) is 5. The van der Waals surface area contributed by atoms with Gasteiger partial charge in [0.05, 0.1) is 11.3 Å². The normalized spacial score (nSPS) is 15.5. The maximum atomic E-state index is 13.5. The van der Waals surface area contributed by atoms with Crippen LogP contribution in [0, 0.1) is 0 Å². The Morgan fingerprint density at radius 1 is 0.912 bits per heavy atom. The number of hydrogen-bond acceptors (Lipinski definition) is 5. The number of nitrogens with one attached hydrogen (secondary N) is 1. The number of tetrazole rings is 1. The summed E-state index contributed by atoms with van der Waals surface area (Å²) in [5, 5.41) is 14.5. The molecule has 7 heteroatoms. The van der Waals surface area contributed by atoms with Crippen LogP contribution in [0.15, 0.2) is 72.8 Å². The molecule has 172 valence electrons. The lowest BCUT2D eigenvalue weighted by molar-refractivity contribution is 0.0624. The van der Waals surface area contributed by atoms with Gasteiger partial charge in [-0.3, -0.25) is 4.79 Å². The Bertz CT molecular complexity index is 1270. The lowest BCUT2D eigenvalue weighted by Gasteiger charge is -2.44. The van der Waals surface area contributed by atoms with Gasteiger partial charge in [0.25, 0.3) is 5.91 Å². The van der Waals surface area contributed by atoms with Crippen molar-refractivity contribution < 1.29 is 4.79 Å². The van der Waals surface area contributed by atoms with E-state index in [1.165, 1.54) is 0 Å². The third-order valence-corrected chi connectivity index (χ3v) is 6.53. The molecule has 0 fully saturated rings. The van der Waals surface area contributed by atoms with Gasteiger partial charge in [-0.1, -0.05) is 74.0 Å². The van der Waals surface area contributed by atoms with Gasteiger partial charge in [-0.05, 0) is 46.9 Å². The Labute approximate surface area is 199 Å². The number of H-pyrrole nitrogens is 1. The summed E-state index contributed by atoms with van der Waals surface area (Å²) in [6, 6.07) is 24.3. The maximum absolute atomic E-state index is 13.5. The summed E-state index contributed by atoms with van der Waals surface area (Å²) in [6.45, 7) is 2.76. The zero-order valence-electron chi connectivity index (χ0n) is 19.5. The summed E-state index contributed by atoms with van der Waals surface area (Å²) in [7, 11) is 2.09. The molecule has 3 aromatic carbocycles. The maximum Gasteiger partial charge on any atom is 0.257 e. The Hall–Kier alpha value is -4.00. The molecule has 1 aliphatic heterocycles. The van der Waals surface area contributed by atoms with Gasteiger partial charge in [-0.15, -0.1) is 10.2 Å². The van der Waals surface area contributed by atoms with Gasteiger partial charge in [-0.25, -0.2) is 0 Å². The Kier molecular flexibility index (Phi) is 6.08. The molecule has 5 rings (SSSR count). The zero-order valence-corrected chi connectivity index (χ0v) is 19.5. The van der Waals surface area contributed by atoms with Crippen LogP contribution in [0.3, 0.4) is 0 Å². The number of carbonyl (C=O) groups is 1. The minimum absolute atomic E-state index is 0.0426. The molecule has 2 heterocycles. The van der Waals surface area contributed by atoms with E-state index in [4.69, 9.17) is 0 Å². The van der Waals surface area contributed by atoms with Crippen molar-refractivity contribution in [2.45, 2.75) is 38.9 Å². The molecule has 7 nitrogen and oxygen atoms in total. The molecule has 0 saturated carbocycles. The average molecular weight is 453 g/mol. The van der Waals surface area contributed by atoms with E-state index < -0.39 is 0 Å². The third-order valence-electron chi connectivity index (χ3n) is 6.53. The fraction of sp³-hybridized carbons (Fsp3) is 0.259. The number of unbranched alkanes of at least 4 members (excludes halogenated alkanes) is 1. The fourth-order valence-electron chi connectivity index (χ4n) is 4.73. The summed E-state index contributed by atoms with van der Waals surface area (Å²) in [6.07, 6.45) is 3.17. The Morgan fingerprint density at radius 3 is 2.32 bits per heavy atom. The van der Waals surface area contributed by atoms with Gasteiger partial charge < -0.3 is 9.80 Å². The molecule has 1 aliphatic rings. The number of carbonyl (C=O) groups excluding carboxylic acids is 1. The summed E-state index contributed by atoms with van der Waals surface area (Å²) < 4.78 is 0. The molecular formula is C27H28N6O. The smallest absolute Gasteiger partial charge is 0.257 e. The van der Waals surface area contributed by atoms with Crippen LogP contribution in [0.25, 0.3) is 22.5 Å². The lowest BCUT2D eigenvalue weighted by Crippen LogP contribution is -2.53. The van der Waals surface area contributed by atoms with Crippen LogP contribution >= 0.6 is 0 Å². The third kappa shape index (κ3) is 4.05. The second-order valence-corrected chi connectivity index (χ2v) is 8.66. The second kappa shape index (κ2) is 9.47. The monoisotopic (exact) mass is 452 g/mol. The van der Waals surface area contributed by atoms with Gasteiger partial charge in [0.2, 0.25) is 5.82 Å². The first-order valence-corrected chi connectivity index (χ1v) is 11.7. The number of benzene rings is 3. The number of aromatic amines is 1. The first kappa shape index (κ1) is 21.8. The number of fused-ring (bicyclic) bond motifs is 1. The van der Waals surface area contributed by atoms with Crippen LogP contribution in [0.1, 0.15) is 42.1 Å². The quantitative estimate of drug-likeness (QED) is 0.420. The van der Waals surface area contributed by atoms with Crippen molar-refractivity contribution in [1.82, 2.24) is 25.5 Å². The molecule has 34 heavy (non-hydrogen) atoms. The van der Waals surface area contributed by atoms with Crippen LogP contribution in [0.2, 0.25) is 0 Å². The van der Waals surface area contributed by atoms with Gasteiger partial charge >= 0.3 is 0 Å². The predicted octanol–water partition coefficient (Wildman–Crippen LogP) is 5.14. The number of aromatic nitrogens is 4. The fourth-order valence-corrected chi connectivity index (χ4v) is 4.73. The molecule has 1 amide bonds. The highest BCUT2D eigenvalue weighted by Gasteiger charge is 2.35. The van der Waals surface area contributed by atoms with Gasteiger partial charge in [-0.2, -0.15) is 5.21 Å². The lowest BCUT2D eigenvalue weighted by atomic mass is 9.97. The highest BCUT2D eigenvalue weighted by molar-refractivity contribution is 6.01. The van der Waals surface area contributed by atoms with Crippen LogP contribution in [-0.4, -0.2) is 44.6 Å². The Morgan fingerprint density at radius 2 is 1.62 bits per heavy atom. The van der Waals surface area contributed by atoms with Crippen molar-refractivity contribution in [2.24, 2.45) is 0 Å². The number of anilines is 1. The summed E-state index contributed by atoms with van der Waals surface area (Å²) in [5.41, 5.74) is 5.91. The van der Waals surface area contributed by atoms with E-state index in [0.717, 1.165) is 52.8 Å². The van der Waals surface area contributed by atoms with Crippen molar-refractivity contribution in [2.75, 3.05) is 11.9 Å². The van der Waals surface area contributed by atoms with E-state index >= 15 is 0 Å². The van der Waals surface area contributed by atoms with Gasteiger partial charge in [0, 0.05) is 19.2 Å². The van der Waals surface area contributed by atoms with E-state index in [2.05, 4.69) is 69.8 Å². The molecule has 4 aromatic rings. The number of hydrogen-bond donors (Lipinski definition) is 1. The first-order chi connectivity index (χ1) is 16.7. The minimum Gasteiger partial charge on any atom is -0.354 e. The predicted molar refractivity (Wildman–Crippen MR) is 133 cm³/mol. The molecule has 0 aliphatic carbocycles. The van der Waals surface area contributed by atoms with Crippen molar-refractivity contribution in [3.05, 3.63) is 83.9 Å². The van der Waals surface area contributed by atoms with Crippen molar-refractivity contribution in [3.63, 3.8) is 0 Å². The topological polar surface area (TPSA) is 78.0 Å². The standard InChI is InChI=1S/C27H28N6O/c1-3-4-13-25-32(2)24-12-8-7-11-23(24)27(34)33(25)18-19-14-16-20(17-15-19)21-9-5-6-10-22(21)26-28-30-31-29-26/h5-12,14-17,25H,3-4,13,18H2,1-2H3,(H,28,29,30,31). The number of para-hydroxylation sites is 1. The van der Waals surface area contributed by atoms with E-state index in [-0.39, 0.29) is 12.1 Å². The van der Waals surface area contributed by atoms with Crippen LogP contribution in [0.5, 0.6) is 0 Å². The molecular weight excluding hydrogens is 424 g/mol. The van der Waals surface area contributed by atoms with E-state index in [9.17, 15) is 4.79 Å². The average Bonchev–Trinajstić information content (AvgIpc) is 3.42. The van der Waals surface area contributed by atoms with E-state index in [0.29, 0.717) is 12.4 Å². The summed E-state index contributed by atoms with van der Waals surface area (Å²) in [4.78, 5) is 17.7. The first-order valence-electron chi connectivity index (χ1n) is 11.7. The van der Waals surface area contributed by atoms with Crippen molar-refractivity contribution in [3.8, 4) is 22.5 Å². The zero-order chi connectivity index (χ0) is 23.5. The number of rotatable bonds is 7. The summed E-state index contributed by atoms with van der Waals surface area (Å²) in [5.74, 6) is 0.667. The van der Waals surface area contributed by atoms with Gasteiger partial charge in [0.1, 0.15) is 6.17 Å². The van der Waals surface area contributed by atoms with Gasteiger partial charge in [0.15, 0.2) is 0 Å². The van der Waals surface area contributed by atoms with Crippen LogP contribution in [-0.2, 0) is 6.54 Å². The van der Waals surface area contributed by atoms with Crippen LogP contribution < -0.4 is 4.90 Å². The molecule has 1 aromatic heterocycles. The molecule has 0 saturated heterocycles. The second-order valence-electron chi connectivity index (χ2n) is 8.66. The molecule has 1 N–H and O–H groups in total. The number of amides is 1. The molecule has 1 unspecified atom stereocenters. The van der Waals surface area contributed by atoms with Crippen molar-refractivity contribution in [1.29, 1.82) is 0 Å². The van der Waals surface area contributed by atoms with E-state index in [1.807, 2.05) is 47.4 Å². The van der Waals surface area contributed by atoms with Crippen LogP contribution in [0.4, 0.5) is 5.69 Å². The molecule has 0 spiro atoms. The summed E-state index contributed by atoms with van der Waals surface area (Å²) >= 11 is 0. The molecule has 0 radical (unpaired) electrons. The highest BCUT2D eigenvalue weighted by Crippen LogP contribution is 2.34. The van der Waals surface area contributed by atoms with Crippen molar-refractivity contribution >= 4 is 11.6 Å². The molecule has 1 atom stereocenters. The SMILES string of the molecule is CCCCC1N(Cc2ccc(-c3ccccc3-c3nn[nH]n3)cc2)C(=O)c2ccccc2N1C. The molecule has 0 bridgehead atoms. The van der Waals surface area contributed by atoms with E-state index in [1.54, 1.807) is 0 Å². The highest BCUT2D eigenvalue weighted by atomic mass is 16.2. The minimum atomic E-state index is 0.0426. The largest absolute Gasteiger partial charge is 0.354 e.